The lowest BCUT2D eigenvalue weighted by Gasteiger charge is -2.11. The van der Waals surface area contributed by atoms with Gasteiger partial charge in [0, 0.05) is 26.6 Å². The summed E-state index contributed by atoms with van der Waals surface area (Å²) in [6.07, 6.45) is 0. The molecule has 0 aliphatic carbocycles. The highest BCUT2D eigenvalue weighted by Crippen LogP contribution is 2.41. The van der Waals surface area contributed by atoms with Gasteiger partial charge in [0.1, 0.15) is 4.83 Å². The van der Waals surface area contributed by atoms with Crippen LogP contribution in [0.3, 0.4) is 0 Å². The van der Waals surface area contributed by atoms with E-state index in [9.17, 15) is 0 Å². The summed E-state index contributed by atoms with van der Waals surface area (Å²) >= 11 is 1.73. The maximum absolute atomic E-state index is 5.39. The zero-order valence-corrected chi connectivity index (χ0v) is 30.7. The zero-order chi connectivity index (χ0) is 36.6. The number of fused-ring (bicyclic) bond motifs is 3. The van der Waals surface area contributed by atoms with Crippen LogP contribution in [0.4, 0.5) is 0 Å². The minimum Gasteiger partial charge on any atom is -0.227 e. The molecule has 2 heterocycles. The number of nitrogens with zero attached hydrogens (tertiary/aromatic N) is 2. The number of benzene rings is 8. The van der Waals surface area contributed by atoms with E-state index < -0.39 is 0 Å². The average molecular weight is 719 g/mol. The molecule has 0 atom stereocenters. The van der Waals surface area contributed by atoms with Crippen molar-refractivity contribution in [2.45, 2.75) is 0 Å². The van der Waals surface area contributed by atoms with E-state index >= 15 is 0 Å². The summed E-state index contributed by atoms with van der Waals surface area (Å²) in [5.74, 6) is 0.722. The van der Waals surface area contributed by atoms with Gasteiger partial charge in [0.25, 0.3) is 0 Å². The van der Waals surface area contributed by atoms with Crippen molar-refractivity contribution in [2.24, 2.45) is 0 Å². The number of hydrogen-bond donors (Lipinski definition) is 0. The summed E-state index contributed by atoms with van der Waals surface area (Å²) in [7, 11) is 0. The Kier molecular flexibility index (Phi) is 8.40. The van der Waals surface area contributed by atoms with Crippen LogP contribution in [0.15, 0.2) is 206 Å². The van der Waals surface area contributed by atoms with E-state index in [1.165, 1.54) is 49.0 Å². The lowest BCUT2D eigenvalue weighted by Crippen LogP contribution is -1.94. The maximum Gasteiger partial charge on any atom is 0.161 e. The van der Waals surface area contributed by atoms with E-state index in [0.29, 0.717) is 0 Å². The van der Waals surface area contributed by atoms with E-state index in [0.717, 1.165) is 49.6 Å². The molecule has 3 heteroatoms. The first-order valence-corrected chi connectivity index (χ1v) is 19.4. The molecule has 2 nitrogen and oxygen atoms in total. The first-order valence-electron chi connectivity index (χ1n) is 18.6. The molecule has 0 bridgehead atoms. The molecule has 0 saturated carbocycles. The second kappa shape index (κ2) is 14.1. The Morgan fingerprint density at radius 2 is 0.673 bits per heavy atom. The Hall–Kier alpha value is -6.94. The van der Waals surface area contributed by atoms with Gasteiger partial charge in [-0.25, -0.2) is 9.97 Å². The third-order valence-corrected chi connectivity index (χ3v) is 11.4. The predicted octanol–water partition coefficient (Wildman–Crippen LogP) is 14.5. The molecular weight excluding hydrogens is 685 g/mol. The third kappa shape index (κ3) is 6.41. The van der Waals surface area contributed by atoms with Crippen molar-refractivity contribution in [3.05, 3.63) is 206 Å². The Labute approximate surface area is 324 Å². The fourth-order valence-corrected chi connectivity index (χ4v) is 8.59. The molecule has 0 aliphatic rings. The highest BCUT2D eigenvalue weighted by atomic mass is 32.1. The van der Waals surface area contributed by atoms with E-state index in [-0.39, 0.29) is 0 Å². The quantitative estimate of drug-likeness (QED) is 0.164. The van der Waals surface area contributed by atoms with Gasteiger partial charge < -0.3 is 0 Å². The van der Waals surface area contributed by atoms with Crippen molar-refractivity contribution in [1.29, 1.82) is 0 Å². The van der Waals surface area contributed by atoms with Crippen LogP contribution < -0.4 is 0 Å². The van der Waals surface area contributed by atoms with Crippen LogP contribution in [0.2, 0.25) is 0 Å². The van der Waals surface area contributed by atoms with Gasteiger partial charge in [-0.15, -0.1) is 11.3 Å². The molecule has 8 aromatic carbocycles. The summed E-state index contributed by atoms with van der Waals surface area (Å²) in [6.45, 7) is 0. The van der Waals surface area contributed by atoms with Crippen molar-refractivity contribution >= 4 is 31.6 Å². The van der Waals surface area contributed by atoms with Crippen molar-refractivity contribution in [3.8, 4) is 78.3 Å². The second-order valence-electron chi connectivity index (χ2n) is 13.8. The largest absolute Gasteiger partial charge is 0.227 e. The molecule has 55 heavy (non-hydrogen) atoms. The highest BCUT2D eigenvalue weighted by molar-refractivity contribution is 7.25. The van der Waals surface area contributed by atoms with Gasteiger partial charge in [0.15, 0.2) is 5.82 Å². The first-order chi connectivity index (χ1) is 27.2. The summed E-state index contributed by atoms with van der Waals surface area (Å²) in [5, 5.41) is 2.28. The van der Waals surface area contributed by atoms with Crippen LogP contribution in [0.25, 0.3) is 98.6 Å². The SMILES string of the molecule is c1ccc(-c2ccc(-c3cccc(-c4cccc(-c5nc(-c6cccc(-c7cccc(-c8ccccc8)c7)c6)c6c(n5)sc5ccccc56)c4)c3)cc2)cc1. The minimum absolute atomic E-state index is 0.722. The number of thiophene rings is 1. The predicted molar refractivity (Wildman–Crippen MR) is 233 cm³/mol. The normalized spacial score (nSPS) is 11.3. The standard InChI is InChI=1S/C52H34N2S/c1-3-13-35(14-4-1)37-27-29-38(30-28-37)40-18-10-20-42(32-40)44-22-12-24-46(34-44)51-53-50(49-47-25-7-8-26-48(47)55-52(49)54-51)45-23-11-21-43(33-45)41-19-9-17-39(31-41)36-15-5-2-6-16-36/h1-34H. The van der Waals surface area contributed by atoms with Gasteiger partial charge in [-0.05, 0) is 86.0 Å². The van der Waals surface area contributed by atoms with Crippen LogP contribution >= 0.6 is 11.3 Å². The molecule has 258 valence electrons. The molecular formula is C52H34N2S. The smallest absolute Gasteiger partial charge is 0.161 e. The molecule has 0 N–H and O–H groups in total. The van der Waals surface area contributed by atoms with Crippen molar-refractivity contribution in [1.82, 2.24) is 9.97 Å². The van der Waals surface area contributed by atoms with Crippen LogP contribution in [0.5, 0.6) is 0 Å². The van der Waals surface area contributed by atoms with Crippen LogP contribution in [-0.2, 0) is 0 Å². The molecule has 0 aliphatic heterocycles. The molecule has 0 spiro atoms. The average Bonchev–Trinajstić information content (AvgIpc) is 3.66. The van der Waals surface area contributed by atoms with Crippen LogP contribution in [-0.4, -0.2) is 9.97 Å². The number of hydrogen-bond acceptors (Lipinski definition) is 3. The fraction of sp³-hybridized carbons (Fsp3) is 0. The lowest BCUT2D eigenvalue weighted by atomic mass is 9.96. The van der Waals surface area contributed by atoms with Gasteiger partial charge in [-0.2, -0.15) is 0 Å². The van der Waals surface area contributed by atoms with Crippen LogP contribution in [0, 0.1) is 0 Å². The molecule has 0 amide bonds. The molecule has 0 unspecified atom stereocenters. The Balaban J connectivity index is 1.04. The Morgan fingerprint density at radius 1 is 0.291 bits per heavy atom. The summed E-state index contributed by atoms with van der Waals surface area (Å²) in [4.78, 5) is 11.6. The number of rotatable bonds is 7. The highest BCUT2D eigenvalue weighted by Gasteiger charge is 2.18. The zero-order valence-electron chi connectivity index (χ0n) is 29.9. The fourth-order valence-electron chi connectivity index (χ4n) is 7.52. The number of aromatic nitrogens is 2. The topological polar surface area (TPSA) is 25.8 Å². The monoisotopic (exact) mass is 718 g/mol. The first kappa shape index (κ1) is 32.7. The van der Waals surface area contributed by atoms with Gasteiger partial charge >= 0.3 is 0 Å². The van der Waals surface area contributed by atoms with E-state index in [1.54, 1.807) is 11.3 Å². The van der Waals surface area contributed by atoms with E-state index in [1.807, 2.05) is 0 Å². The Bertz CT molecular complexity index is 2960. The van der Waals surface area contributed by atoms with Crippen LogP contribution in [0.1, 0.15) is 0 Å². The molecule has 0 radical (unpaired) electrons. The molecule has 10 aromatic rings. The molecule has 0 saturated heterocycles. The Morgan fingerprint density at radius 3 is 1.25 bits per heavy atom. The summed E-state index contributed by atoms with van der Waals surface area (Å²) in [6, 6.07) is 73.4. The van der Waals surface area contributed by atoms with Gasteiger partial charge in [0.05, 0.1) is 5.69 Å². The summed E-state index contributed by atoms with van der Waals surface area (Å²) in [5.41, 5.74) is 14.8. The van der Waals surface area contributed by atoms with Crippen molar-refractivity contribution in [2.75, 3.05) is 0 Å². The van der Waals surface area contributed by atoms with Gasteiger partial charge in [0.2, 0.25) is 0 Å². The maximum atomic E-state index is 5.39. The van der Waals surface area contributed by atoms with E-state index in [2.05, 4.69) is 206 Å². The molecule has 10 rings (SSSR count). The lowest BCUT2D eigenvalue weighted by molar-refractivity contribution is 1.24. The summed E-state index contributed by atoms with van der Waals surface area (Å²) < 4.78 is 1.21. The van der Waals surface area contributed by atoms with Crippen molar-refractivity contribution in [3.63, 3.8) is 0 Å². The van der Waals surface area contributed by atoms with E-state index in [4.69, 9.17) is 9.97 Å². The molecule has 2 aromatic heterocycles. The van der Waals surface area contributed by atoms with Gasteiger partial charge in [-0.3, -0.25) is 0 Å². The minimum atomic E-state index is 0.722. The second-order valence-corrected chi connectivity index (χ2v) is 14.8. The van der Waals surface area contributed by atoms with Gasteiger partial charge in [-0.1, -0.05) is 176 Å². The van der Waals surface area contributed by atoms with Crippen molar-refractivity contribution < 1.29 is 0 Å². The molecule has 0 fully saturated rings. The third-order valence-electron chi connectivity index (χ3n) is 10.3.